The molecule has 0 heterocycles. The summed E-state index contributed by atoms with van der Waals surface area (Å²) in [5.74, 6) is -0.570. The third kappa shape index (κ3) is 2.79. The average Bonchev–Trinajstić information content (AvgIpc) is 2.27. The first-order valence-corrected chi connectivity index (χ1v) is 5.51. The number of hydrogen-bond donors (Lipinski definition) is 1. The van der Waals surface area contributed by atoms with Gasteiger partial charge in [-0.3, -0.25) is 4.79 Å². The van der Waals surface area contributed by atoms with Crippen LogP contribution in [0.5, 0.6) is 0 Å². The molecule has 2 N–H and O–H groups in total. The molecule has 0 aliphatic heterocycles. The van der Waals surface area contributed by atoms with Gasteiger partial charge in [-0.2, -0.15) is 0 Å². The minimum atomic E-state index is -0.918. The second kappa shape index (κ2) is 4.79. The maximum atomic E-state index is 12.8. The molecule has 0 bridgehead atoms. The first-order valence-electron chi connectivity index (χ1n) is 5.10. The predicted octanol–water partition coefficient (Wildman–Crippen LogP) is 2.10. The van der Waals surface area contributed by atoms with Crippen molar-refractivity contribution in [2.45, 2.75) is 13.8 Å². The molecule has 0 aliphatic carbocycles. The summed E-state index contributed by atoms with van der Waals surface area (Å²) in [4.78, 5) is 13.7. The van der Waals surface area contributed by atoms with Crippen molar-refractivity contribution in [3.8, 4) is 0 Å². The van der Waals surface area contributed by atoms with Gasteiger partial charge in [0.1, 0.15) is 5.82 Å². The molecule has 1 aromatic carbocycles. The molecule has 0 saturated heterocycles. The highest BCUT2D eigenvalue weighted by Gasteiger charge is 2.33. The van der Waals surface area contributed by atoms with E-state index in [0.29, 0.717) is 5.69 Å². The topological polar surface area (TPSA) is 46.3 Å². The van der Waals surface area contributed by atoms with Gasteiger partial charge in [-0.25, -0.2) is 4.39 Å². The van der Waals surface area contributed by atoms with Crippen LogP contribution in [0.15, 0.2) is 24.3 Å². The highest BCUT2D eigenvalue weighted by molar-refractivity contribution is 7.80. The highest BCUT2D eigenvalue weighted by atomic mass is 32.1. The van der Waals surface area contributed by atoms with Crippen molar-refractivity contribution < 1.29 is 9.18 Å². The molecule has 3 nitrogen and oxygen atoms in total. The molecule has 17 heavy (non-hydrogen) atoms. The summed E-state index contributed by atoms with van der Waals surface area (Å²) in [6.07, 6.45) is 0. The minimum Gasteiger partial charge on any atom is -0.392 e. The fraction of sp³-hybridized carbons (Fsp3) is 0.333. The summed E-state index contributed by atoms with van der Waals surface area (Å²) < 4.78 is 12.8. The van der Waals surface area contributed by atoms with Gasteiger partial charge in [0.15, 0.2) is 0 Å². The number of anilines is 1. The Bertz CT molecular complexity index is 442. The van der Waals surface area contributed by atoms with Crippen LogP contribution in [-0.4, -0.2) is 17.9 Å². The number of benzene rings is 1. The fourth-order valence-electron chi connectivity index (χ4n) is 1.31. The van der Waals surface area contributed by atoms with Gasteiger partial charge < -0.3 is 10.6 Å². The van der Waals surface area contributed by atoms with E-state index in [4.69, 9.17) is 18.0 Å². The molecule has 0 unspecified atom stereocenters. The lowest BCUT2D eigenvalue weighted by Gasteiger charge is -2.28. The maximum absolute atomic E-state index is 12.8. The Labute approximate surface area is 105 Å². The first-order chi connectivity index (χ1) is 7.76. The molecule has 1 amide bonds. The summed E-state index contributed by atoms with van der Waals surface area (Å²) in [5.41, 5.74) is 5.21. The molecule has 0 aliphatic rings. The van der Waals surface area contributed by atoms with Gasteiger partial charge in [-0.05, 0) is 38.1 Å². The zero-order valence-electron chi connectivity index (χ0n) is 10.0. The number of hydrogen-bond acceptors (Lipinski definition) is 2. The zero-order chi connectivity index (χ0) is 13.2. The fourth-order valence-corrected chi connectivity index (χ4v) is 1.39. The van der Waals surface area contributed by atoms with Crippen molar-refractivity contribution in [2.75, 3.05) is 11.9 Å². The standard InChI is InChI=1S/C12H15FN2OS/c1-12(2,10(14)17)11(16)15(3)9-6-4-8(13)5-7-9/h4-7H,1-3H3,(H2,14,17). The van der Waals surface area contributed by atoms with Crippen LogP contribution in [0.25, 0.3) is 0 Å². The molecule has 0 aromatic heterocycles. The third-order valence-corrected chi connectivity index (χ3v) is 3.18. The molecule has 5 heteroatoms. The van der Waals surface area contributed by atoms with Crippen molar-refractivity contribution in [3.63, 3.8) is 0 Å². The number of carbonyl (C=O) groups is 1. The van der Waals surface area contributed by atoms with E-state index in [1.54, 1.807) is 20.9 Å². The second-order valence-corrected chi connectivity index (χ2v) is 4.77. The van der Waals surface area contributed by atoms with Crippen LogP contribution in [0.4, 0.5) is 10.1 Å². The quantitative estimate of drug-likeness (QED) is 0.840. The van der Waals surface area contributed by atoms with E-state index in [-0.39, 0.29) is 16.7 Å². The van der Waals surface area contributed by atoms with Crippen molar-refractivity contribution >= 4 is 28.8 Å². The molecular formula is C12H15FN2OS. The predicted molar refractivity (Wildman–Crippen MR) is 70.4 cm³/mol. The number of halogens is 1. The minimum absolute atomic E-state index is 0.136. The molecule has 92 valence electrons. The van der Waals surface area contributed by atoms with Crippen LogP contribution in [-0.2, 0) is 4.79 Å². The van der Waals surface area contributed by atoms with Gasteiger partial charge in [-0.15, -0.1) is 0 Å². The molecule has 0 saturated carbocycles. The first kappa shape index (κ1) is 13.6. The number of nitrogens with two attached hydrogens (primary N) is 1. The van der Waals surface area contributed by atoms with Gasteiger partial charge in [0.2, 0.25) is 5.91 Å². The molecule has 0 fully saturated rings. The highest BCUT2D eigenvalue weighted by Crippen LogP contribution is 2.23. The Balaban J connectivity index is 2.98. The number of carbonyl (C=O) groups excluding carboxylic acids is 1. The van der Waals surface area contributed by atoms with Crippen molar-refractivity contribution in [1.82, 2.24) is 0 Å². The number of amides is 1. The van der Waals surface area contributed by atoms with E-state index in [0.717, 1.165) is 0 Å². The van der Waals surface area contributed by atoms with Crippen LogP contribution in [0, 0.1) is 11.2 Å². The molecular weight excluding hydrogens is 239 g/mol. The van der Waals surface area contributed by atoms with Gasteiger partial charge in [0, 0.05) is 12.7 Å². The number of thiocarbonyl (C=S) groups is 1. The van der Waals surface area contributed by atoms with Crippen LogP contribution < -0.4 is 10.6 Å². The molecule has 1 rings (SSSR count). The van der Waals surface area contributed by atoms with Crippen LogP contribution in [0.3, 0.4) is 0 Å². The largest absolute Gasteiger partial charge is 0.392 e. The van der Waals surface area contributed by atoms with E-state index in [9.17, 15) is 9.18 Å². The summed E-state index contributed by atoms with van der Waals surface area (Å²) in [7, 11) is 1.61. The lowest BCUT2D eigenvalue weighted by molar-refractivity contribution is -0.123. The van der Waals surface area contributed by atoms with Crippen LogP contribution >= 0.6 is 12.2 Å². The van der Waals surface area contributed by atoms with Gasteiger partial charge in [-0.1, -0.05) is 12.2 Å². The van der Waals surface area contributed by atoms with E-state index in [1.165, 1.54) is 29.2 Å². The Hall–Kier alpha value is -1.49. The normalized spacial score (nSPS) is 11.1. The summed E-state index contributed by atoms with van der Waals surface area (Å²) in [5, 5.41) is 0. The summed E-state index contributed by atoms with van der Waals surface area (Å²) >= 11 is 4.87. The SMILES string of the molecule is CN(C(=O)C(C)(C)C(N)=S)c1ccc(F)cc1. The summed E-state index contributed by atoms with van der Waals surface area (Å²) in [6, 6.07) is 5.66. The van der Waals surface area contributed by atoms with E-state index in [2.05, 4.69) is 0 Å². The number of nitrogens with zero attached hydrogens (tertiary/aromatic N) is 1. The van der Waals surface area contributed by atoms with Gasteiger partial charge in [0.05, 0.1) is 10.4 Å². The van der Waals surface area contributed by atoms with Crippen molar-refractivity contribution in [1.29, 1.82) is 0 Å². The van der Waals surface area contributed by atoms with Crippen LogP contribution in [0.1, 0.15) is 13.8 Å². The Morgan fingerprint density at radius 3 is 2.24 bits per heavy atom. The van der Waals surface area contributed by atoms with Crippen molar-refractivity contribution in [3.05, 3.63) is 30.1 Å². The second-order valence-electron chi connectivity index (χ2n) is 4.33. The Morgan fingerprint density at radius 2 is 1.82 bits per heavy atom. The molecule has 0 atom stereocenters. The van der Waals surface area contributed by atoms with E-state index in [1.807, 2.05) is 0 Å². The number of rotatable bonds is 3. The average molecular weight is 254 g/mol. The van der Waals surface area contributed by atoms with Gasteiger partial charge in [0.25, 0.3) is 0 Å². The summed E-state index contributed by atoms with van der Waals surface area (Å²) in [6.45, 7) is 3.33. The monoisotopic (exact) mass is 254 g/mol. The smallest absolute Gasteiger partial charge is 0.239 e. The van der Waals surface area contributed by atoms with E-state index < -0.39 is 5.41 Å². The lowest BCUT2D eigenvalue weighted by Crippen LogP contribution is -2.45. The Kier molecular flexibility index (Phi) is 3.83. The molecule has 1 aromatic rings. The maximum Gasteiger partial charge on any atom is 0.239 e. The Morgan fingerprint density at radius 1 is 1.35 bits per heavy atom. The van der Waals surface area contributed by atoms with Gasteiger partial charge >= 0.3 is 0 Å². The molecule has 0 radical (unpaired) electrons. The zero-order valence-corrected chi connectivity index (χ0v) is 10.8. The lowest BCUT2D eigenvalue weighted by atomic mass is 9.91. The van der Waals surface area contributed by atoms with Crippen molar-refractivity contribution in [2.24, 2.45) is 11.1 Å². The van der Waals surface area contributed by atoms with Crippen LogP contribution in [0.2, 0.25) is 0 Å². The van der Waals surface area contributed by atoms with E-state index >= 15 is 0 Å². The molecule has 0 spiro atoms. The third-order valence-electron chi connectivity index (χ3n) is 2.67.